The van der Waals surface area contributed by atoms with Gasteiger partial charge in [-0.3, -0.25) is 14.8 Å². The summed E-state index contributed by atoms with van der Waals surface area (Å²) in [5, 5.41) is 27.6. The Morgan fingerprint density at radius 1 is 0.971 bits per heavy atom. The minimum absolute atomic E-state index is 0.0857. The number of hydrogen-bond donors (Lipinski definition) is 5. The molecular weight excluding hydrogens is 452 g/mol. The maximum Gasteiger partial charge on any atom is 0.341 e. The Morgan fingerprint density at radius 2 is 1.57 bits per heavy atom. The van der Waals surface area contributed by atoms with Crippen LogP contribution in [-0.2, 0) is 16.0 Å². The first-order valence-electron chi connectivity index (χ1n) is 11.5. The summed E-state index contributed by atoms with van der Waals surface area (Å²) in [6.07, 6.45) is -0.210. The predicted octanol–water partition coefficient (Wildman–Crippen LogP) is 1.56. The van der Waals surface area contributed by atoms with Gasteiger partial charge in [0.25, 0.3) is 5.91 Å². The lowest BCUT2D eigenvalue weighted by atomic mass is 10.0. The van der Waals surface area contributed by atoms with Crippen molar-refractivity contribution in [2.45, 2.75) is 32.4 Å². The van der Waals surface area contributed by atoms with E-state index >= 15 is 0 Å². The lowest BCUT2D eigenvalue weighted by Crippen LogP contribution is -2.53. The SMILES string of the molecule is CCc1ccc(-c2ccc(C(=O)N[C@H](C(=O)NCCN(O)C(=O)NCCOC)[C@@H](C)O)cc2)cc1. The molecule has 10 nitrogen and oxygen atoms in total. The van der Waals surface area contributed by atoms with Crippen molar-refractivity contribution in [3.63, 3.8) is 0 Å². The summed E-state index contributed by atoms with van der Waals surface area (Å²) in [5.74, 6) is -1.16. The van der Waals surface area contributed by atoms with Crippen molar-refractivity contribution in [1.29, 1.82) is 0 Å². The highest BCUT2D eigenvalue weighted by atomic mass is 16.5. The molecule has 0 aromatic heterocycles. The molecule has 0 bridgehead atoms. The van der Waals surface area contributed by atoms with Crippen molar-refractivity contribution in [2.24, 2.45) is 0 Å². The number of nitrogens with zero attached hydrogens (tertiary/aromatic N) is 1. The zero-order valence-corrected chi connectivity index (χ0v) is 20.3. The summed E-state index contributed by atoms with van der Waals surface area (Å²) >= 11 is 0. The molecule has 0 saturated carbocycles. The number of benzene rings is 2. The third kappa shape index (κ3) is 8.67. The van der Waals surface area contributed by atoms with Gasteiger partial charge in [-0.15, -0.1) is 0 Å². The molecule has 0 unspecified atom stereocenters. The first kappa shape index (κ1) is 27.8. The van der Waals surface area contributed by atoms with E-state index in [-0.39, 0.29) is 19.6 Å². The van der Waals surface area contributed by atoms with Crippen molar-refractivity contribution in [1.82, 2.24) is 21.0 Å². The highest BCUT2D eigenvalue weighted by Gasteiger charge is 2.26. The Kier molecular flexibility index (Phi) is 11.1. The van der Waals surface area contributed by atoms with Crippen molar-refractivity contribution >= 4 is 17.8 Å². The standard InChI is InChI=1S/C25H34N4O6/c1-4-18-5-7-19(8-6-18)20-9-11-21(12-10-20)23(31)28-22(17(2)30)24(32)26-13-15-29(34)25(33)27-14-16-35-3/h5-12,17,22,30,34H,4,13-16H2,1-3H3,(H,26,32)(H,27,33)(H,28,31)/t17-,22+/m1/s1. The van der Waals surface area contributed by atoms with Crippen LogP contribution in [0.5, 0.6) is 0 Å². The number of hydrogen-bond acceptors (Lipinski definition) is 6. The second kappa shape index (κ2) is 14.1. The van der Waals surface area contributed by atoms with Crippen molar-refractivity contribution in [2.75, 3.05) is 33.4 Å². The highest BCUT2D eigenvalue weighted by molar-refractivity contribution is 5.98. The molecule has 0 spiro atoms. The number of aliphatic hydroxyl groups excluding tert-OH is 1. The summed E-state index contributed by atoms with van der Waals surface area (Å²) in [4.78, 5) is 36.9. The first-order chi connectivity index (χ1) is 16.8. The van der Waals surface area contributed by atoms with Crippen LogP contribution in [0.3, 0.4) is 0 Å². The largest absolute Gasteiger partial charge is 0.391 e. The molecule has 0 aliphatic rings. The molecule has 35 heavy (non-hydrogen) atoms. The molecule has 2 aromatic carbocycles. The van der Waals surface area contributed by atoms with E-state index in [9.17, 15) is 24.7 Å². The van der Waals surface area contributed by atoms with Crippen LogP contribution in [0, 0.1) is 0 Å². The van der Waals surface area contributed by atoms with E-state index in [2.05, 4.69) is 35.0 Å². The summed E-state index contributed by atoms with van der Waals surface area (Å²) in [7, 11) is 1.48. The van der Waals surface area contributed by atoms with E-state index in [1.54, 1.807) is 12.1 Å². The van der Waals surface area contributed by atoms with E-state index < -0.39 is 30.0 Å². The number of aliphatic hydroxyl groups is 1. The second-order valence-corrected chi connectivity index (χ2v) is 7.96. The van der Waals surface area contributed by atoms with Gasteiger partial charge >= 0.3 is 6.03 Å². The fourth-order valence-electron chi connectivity index (χ4n) is 3.22. The van der Waals surface area contributed by atoms with Crippen LogP contribution in [0.25, 0.3) is 11.1 Å². The Hall–Kier alpha value is -3.47. The van der Waals surface area contributed by atoms with Gasteiger partial charge in [-0.1, -0.05) is 43.3 Å². The van der Waals surface area contributed by atoms with Crippen molar-refractivity contribution < 1.29 is 29.4 Å². The highest BCUT2D eigenvalue weighted by Crippen LogP contribution is 2.20. The smallest absolute Gasteiger partial charge is 0.341 e. The molecule has 0 aliphatic heterocycles. The molecule has 0 aliphatic carbocycles. The van der Waals surface area contributed by atoms with Crippen LogP contribution in [0.15, 0.2) is 48.5 Å². The van der Waals surface area contributed by atoms with E-state index in [1.807, 2.05) is 24.3 Å². The first-order valence-corrected chi connectivity index (χ1v) is 11.5. The molecule has 0 radical (unpaired) electrons. The third-order valence-corrected chi connectivity index (χ3v) is 5.33. The average Bonchev–Trinajstić information content (AvgIpc) is 2.87. The summed E-state index contributed by atoms with van der Waals surface area (Å²) in [6, 6.07) is 13.2. The van der Waals surface area contributed by atoms with E-state index in [0.29, 0.717) is 17.2 Å². The van der Waals surface area contributed by atoms with Crippen LogP contribution in [0.2, 0.25) is 0 Å². The lowest BCUT2D eigenvalue weighted by Gasteiger charge is -2.22. The molecule has 2 aromatic rings. The van der Waals surface area contributed by atoms with Gasteiger partial charge in [-0.05, 0) is 42.2 Å². The predicted molar refractivity (Wildman–Crippen MR) is 131 cm³/mol. The number of rotatable bonds is 12. The number of methoxy groups -OCH3 is 1. The lowest BCUT2D eigenvalue weighted by molar-refractivity contribution is -0.125. The minimum Gasteiger partial charge on any atom is -0.391 e. The quantitative estimate of drug-likeness (QED) is 0.175. The van der Waals surface area contributed by atoms with E-state index in [1.165, 1.54) is 19.6 Å². The number of amides is 4. The maximum absolute atomic E-state index is 12.7. The van der Waals surface area contributed by atoms with Gasteiger partial charge in [-0.25, -0.2) is 9.86 Å². The number of ether oxygens (including phenoxy) is 1. The number of carbonyl (C=O) groups excluding carboxylic acids is 3. The molecule has 190 valence electrons. The Morgan fingerprint density at radius 3 is 2.11 bits per heavy atom. The summed E-state index contributed by atoms with van der Waals surface area (Å²) < 4.78 is 4.80. The van der Waals surface area contributed by atoms with Crippen LogP contribution < -0.4 is 16.0 Å². The fraction of sp³-hybridized carbons (Fsp3) is 0.400. The maximum atomic E-state index is 12.7. The molecule has 2 atom stereocenters. The van der Waals surface area contributed by atoms with Crippen LogP contribution in [0.4, 0.5) is 4.79 Å². The molecular formula is C25H34N4O6. The molecule has 4 amide bonds. The number of aryl methyl sites for hydroxylation is 1. The average molecular weight is 487 g/mol. The van der Waals surface area contributed by atoms with Gasteiger partial charge < -0.3 is 25.8 Å². The molecule has 0 heterocycles. The number of urea groups is 1. The normalized spacial score (nSPS) is 12.4. The van der Waals surface area contributed by atoms with Gasteiger partial charge in [0.15, 0.2) is 0 Å². The fourth-order valence-corrected chi connectivity index (χ4v) is 3.22. The number of carbonyl (C=O) groups is 3. The van der Waals surface area contributed by atoms with E-state index in [0.717, 1.165) is 17.5 Å². The Balaban J connectivity index is 1.90. The molecule has 10 heteroatoms. The van der Waals surface area contributed by atoms with Crippen LogP contribution >= 0.6 is 0 Å². The molecule has 0 saturated heterocycles. The minimum atomic E-state index is -1.22. The topological polar surface area (TPSA) is 140 Å². The number of hydroxylamine groups is 2. The molecule has 0 fully saturated rings. The van der Waals surface area contributed by atoms with Crippen LogP contribution in [-0.4, -0.2) is 78.7 Å². The molecule has 2 rings (SSSR count). The summed E-state index contributed by atoms with van der Waals surface area (Å²) in [5.41, 5.74) is 3.56. The van der Waals surface area contributed by atoms with Crippen molar-refractivity contribution in [3.05, 3.63) is 59.7 Å². The third-order valence-electron chi connectivity index (χ3n) is 5.33. The Labute approximate surface area is 205 Å². The zero-order valence-electron chi connectivity index (χ0n) is 20.3. The van der Waals surface area contributed by atoms with Gasteiger partial charge in [0, 0.05) is 25.8 Å². The van der Waals surface area contributed by atoms with E-state index in [4.69, 9.17) is 4.74 Å². The Bertz CT molecular complexity index is 963. The summed E-state index contributed by atoms with van der Waals surface area (Å²) in [6.45, 7) is 3.72. The van der Waals surface area contributed by atoms with Crippen LogP contribution in [0.1, 0.15) is 29.8 Å². The second-order valence-electron chi connectivity index (χ2n) is 7.96. The zero-order chi connectivity index (χ0) is 25.8. The van der Waals surface area contributed by atoms with Gasteiger partial charge in [0.1, 0.15) is 6.04 Å². The van der Waals surface area contributed by atoms with Gasteiger partial charge in [-0.2, -0.15) is 0 Å². The number of nitrogens with one attached hydrogen (secondary N) is 3. The van der Waals surface area contributed by atoms with Gasteiger partial charge in [0.05, 0.1) is 19.3 Å². The van der Waals surface area contributed by atoms with Crippen molar-refractivity contribution in [3.8, 4) is 11.1 Å². The van der Waals surface area contributed by atoms with Gasteiger partial charge in [0.2, 0.25) is 5.91 Å². The monoisotopic (exact) mass is 486 g/mol. The molecule has 5 N–H and O–H groups in total.